The van der Waals surface area contributed by atoms with E-state index in [0.717, 1.165) is 10.2 Å². The highest BCUT2D eigenvalue weighted by atomic mass is 35.5. The van der Waals surface area contributed by atoms with Crippen LogP contribution in [0.25, 0.3) is 10.2 Å². The molecule has 0 aliphatic carbocycles. The van der Waals surface area contributed by atoms with Crippen LogP contribution in [0.5, 0.6) is 5.75 Å². The van der Waals surface area contributed by atoms with Crippen molar-refractivity contribution in [2.45, 2.75) is 0 Å². The van der Waals surface area contributed by atoms with Crippen LogP contribution in [0, 0.1) is 0 Å². The summed E-state index contributed by atoms with van der Waals surface area (Å²) < 4.78 is 6.03. The van der Waals surface area contributed by atoms with E-state index < -0.39 is 0 Å². The number of thiazole rings is 1. The number of ether oxygens (including phenoxy) is 1. The number of hydrogen-bond donors (Lipinski definition) is 2. The first kappa shape index (κ1) is 9.51. The Hall–Kier alpha value is -1.04. The molecule has 1 aromatic carbocycles. The molecule has 0 radical (unpaired) electrons. The Labute approximate surface area is 89.6 Å². The molecule has 0 fully saturated rings. The van der Waals surface area contributed by atoms with Gasteiger partial charge in [0.25, 0.3) is 0 Å². The molecule has 4 nitrogen and oxygen atoms in total. The SMILES string of the molecule is COc1ccc(Cl)c2sc(NN)nc12. The highest BCUT2D eigenvalue weighted by molar-refractivity contribution is 7.22. The first-order valence-electron chi connectivity index (χ1n) is 3.86. The fourth-order valence-corrected chi connectivity index (χ4v) is 2.24. The summed E-state index contributed by atoms with van der Waals surface area (Å²) in [4.78, 5) is 4.24. The quantitative estimate of drug-likeness (QED) is 0.613. The summed E-state index contributed by atoms with van der Waals surface area (Å²) >= 11 is 7.40. The maximum Gasteiger partial charge on any atom is 0.198 e. The van der Waals surface area contributed by atoms with Crippen LogP contribution in [0.3, 0.4) is 0 Å². The largest absolute Gasteiger partial charge is 0.494 e. The molecule has 1 aromatic heterocycles. The molecule has 0 bridgehead atoms. The van der Waals surface area contributed by atoms with Gasteiger partial charge in [-0.05, 0) is 12.1 Å². The van der Waals surface area contributed by atoms with E-state index in [-0.39, 0.29) is 0 Å². The molecule has 14 heavy (non-hydrogen) atoms. The molecule has 0 saturated heterocycles. The number of fused-ring (bicyclic) bond motifs is 1. The molecule has 0 unspecified atom stereocenters. The van der Waals surface area contributed by atoms with Gasteiger partial charge >= 0.3 is 0 Å². The second kappa shape index (κ2) is 3.61. The number of nitrogen functional groups attached to an aromatic ring is 1. The van der Waals surface area contributed by atoms with Gasteiger partial charge in [-0.1, -0.05) is 22.9 Å². The van der Waals surface area contributed by atoms with E-state index in [4.69, 9.17) is 22.2 Å². The Bertz CT molecular complexity index is 471. The minimum absolute atomic E-state index is 0.617. The van der Waals surface area contributed by atoms with Gasteiger partial charge in [0, 0.05) is 0 Å². The minimum Gasteiger partial charge on any atom is -0.494 e. The topological polar surface area (TPSA) is 60.2 Å². The number of rotatable bonds is 2. The van der Waals surface area contributed by atoms with E-state index in [9.17, 15) is 0 Å². The van der Waals surface area contributed by atoms with E-state index in [1.807, 2.05) is 0 Å². The Kier molecular flexibility index (Phi) is 2.45. The second-order valence-corrected chi connectivity index (χ2v) is 4.00. The van der Waals surface area contributed by atoms with Gasteiger partial charge < -0.3 is 4.74 Å². The number of nitrogens with two attached hydrogens (primary N) is 1. The van der Waals surface area contributed by atoms with Crippen LogP contribution < -0.4 is 16.0 Å². The van der Waals surface area contributed by atoms with Crippen LogP contribution in [0.1, 0.15) is 0 Å². The summed E-state index contributed by atoms with van der Waals surface area (Å²) in [5, 5.41) is 1.27. The van der Waals surface area contributed by atoms with Gasteiger partial charge in [-0.3, -0.25) is 5.43 Å². The predicted molar refractivity (Wildman–Crippen MR) is 59.0 cm³/mol. The minimum atomic E-state index is 0.617. The average molecular weight is 230 g/mol. The lowest BCUT2D eigenvalue weighted by Gasteiger charge is -1.99. The van der Waals surface area contributed by atoms with E-state index in [0.29, 0.717) is 15.9 Å². The summed E-state index contributed by atoms with van der Waals surface area (Å²) in [6.45, 7) is 0. The smallest absolute Gasteiger partial charge is 0.198 e. The molecule has 3 N–H and O–H groups in total. The molecule has 2 rings (SSSR count). The number of hydrazine groups is 1. The Balaban J connectivity index is 2.74. The van der Waals surface area contributed by atoms with Gasteiger partial charge in [0.2, 0.25) is 0 Å². The first-order valence-corrected chi connectivity index (χ1v) is 5.05. The van der Waals surface area contributed by atoms with Crippen LogP contribution in [-0.2, 0) is 0 Å². The van der Waals surface area contributed by atoms with E-state index in [1.54, 1.807) is 19.2 Å². The number of halogens is 1. The molecule has 6 heteroatoms. The molecule has 0 amide bonds. The first-order chi connectivity index (χ1) is 6.76. The van der Waals surface area contributed by atoms with Crippen LogP contribution >= 0.6 is 22.9 Å². The Morgan fingerprint density at radius 2 is 2.36 bits per heavy atom. The van der Waals surface area contributed by atoms with Gasteiger partial charge in [0.1, 0.15) is 11.3 Å². The van der Waals surface area contributed by atoms with Crippen LogP contribution in [0.2, 0.25) is 5.02 Å². The highest BCUT2D eigenvalue weighted by Crippen LogP contribution is 2.36. The number of hydrogen-bond acceptors (Lipinski definition) is 5. The lowest BCUT2D eigenvalue weighted by atomic mass is 10.3. The lowest BCUT2D eigenvalue weighted by Crippen LogP contribution is -2.05. The van der Waals surface area contributed by atoms with Crippen molar-refractivity contribution >= 4 is 38.3 Å². The zero-order valence-electron chi connectivity index (χ0n) is 7.37. The summed E-state index contributed by atoms with van der Waals surface area (Å²) in [6, 6.07) is 3.56. The fourth-order valence-electron chi connectivity index (χ4n) is 1.18. The number of nitrogens with one attached hydrogen (secondary N) is 1. The molecular formula is C8H8ClN3OS. The van der Waals surface area contributed by atoms with Crippen LogP contribution in [-0.4, -0.2) is 12.1 Å². The van der Waals surface area contributed by atoms with Crippen LogP contribution in [0.15, 0.2) is 12.1 Å². The number of benzene rings is 1. The number of anilines is 1. The number of aromatic nitrogens is 1. The third-order valence-corrected chi connectivity index (χ3v) is 3.25. The summed E-state index contributed by atoms with van der Waals surface area (Å²) in [6.07, 6.45) is 0. The summed E-state index contributed by atoms with van der Waals surface area (Å²) in [5.74, 6) is 5.97. The van der Waals surface area contributed by atoms with E-state index >= 15 is 0 Å². The number of nitrogens with zero attached hydrogens (tertiary/aromatic N) is 1. The Morgan fingerprint density at radius 3 is 3.00 bits per heavy atom. The molecule has 1 heterocycles. The summed E-state index contributed by atoms with van der Waals surface area (Å²) in [5.41, 5.74) is 3.22. The van der Waals surface area contributed by atoms with Gasteiger partial charge in [0.05, 0.1) is 16.8 Å². The third-order valence-electron chi connectivity index (χ3n) is 1.80. The van der Waals surface area contributed by atoms with Crippen molar-refractivity contribution in [1.82, 2.24) is 4.98 Å². The van der Waals surface area contributed by atoms with Crippen molar-refractivity contribution in [3.05, 3.63) is 17.2 Å². The maximum absolute atomic E-state index is 6.00. The van der Waals surface area contributed by atoms with Gasteiger partial charge in [-0.25, -0.2) is 10.8 Å². The fraction of sp³-hybridized carbons (Fsp3) is 0.125. The van der Waals surface area contributed by atoms with Crippen molar-refractivity contribution in [3.63, 3.8) is 0 Å². The van der Waals surface area contributed by atoms with Crippen molar-refractivity contribution in [2.24, 2.45) is 5.84 Å². The normalized spacial score (nSPS) is 10.5. The number of methoxy groups -OCH3 is 1. The maximum atomic E-state index is 6.00. The van der Waals surface area contributed by atoms with Crippen molar-refractivity contribution in [2.75, 3.05) is 12.5 Å². The second-order valence-electron chi connectivity index (χ2n) is 2.59. The molecular weight excluding hydrogens is 222 g/mol. The van der Waals surface area contributed by atoms with Gasteiger partial charge in [0.15, 0.2) is 5.13 Å². The molecule has 0 spiro atoms. The third kappa shape index (κ3) is 1.39. The Morgan fingerprint density at radius 1 is 1.57 bits per heavy atom. The molecule has 2 aromatic rings. The molecule has 74 valence electrons. The highest BCUT2D eigenvalue weighted by Gasteiger charge is 2.10. The van der Waals surface area contributed by atoms with Crippen molar-refractivity contribution in [3.8, 4) is 5.75 Å². The molecule has 0 aliphatic heterocycles. The van der Waals surface area contributed by atoms with E-state index in [2.05, 4.69) is 10.4 Å². The molecule has 0 aliphatic rings. The zero-order valence-corrected chi connectivity index (χ0v) is 8.95. The van der Waals surface area contributed by atoms with Crippen molar-refractivity contribution < 1.29 is 4.74 Å². The van der Waals surface area contributed by atoms with Crippen molar-refractivity contribution in [1.29, 1.82) is 0 Å². The monoisotopic (exact) mass is 229 g/mol. The van der Waals surface area contributed by atoms with Crippen LogP contribution in [0.4, 0.5) is 5.13 Å². The standard InChI is InChI=1S/C8H8ClN3OS/c1-13-5-3-2-4(9)7-6(5)11-8(12-10)14-7/h2-3H,10H2,1H3,(H,11,12). The lowest BCUT2D eigenvalue weighted by molar-refractivity contribution is 0.419. The molecule has 0 atom stereocenters. The van der Waals surface area contributed by atoms with E-state index in [1.165, 1.54) is 11.3 Å². The summed E-state index contributed by atoms with van der Waals surface area (Å²) in [7, 11) is 1.59. The average Bonchev–Trinajstić information content (AvgIpc) is 2.63. The van der Waals surface area contributed by atoms with Gasteiger partial charge in [-0.2, -0.15) is 0 Å². The zero-order chi connectivity index (χ0) is 10.1. The molecule has 0 saturated carbocycles. The predicted octanol–water partition coefficient (Wildman–Crippen LogP) is 2.24. The van der Waals surface area contributed by atoms with Gasteiger partial charge in [-0.15, -0.1) is 0 Å².